The van der Waals surface area contributed by atoms with Crippen LogP contribution in [0.5, 0.6) is 0 Å². The number of cyclic esters (lactones) is 2. The quantitative estimate of drug-likeness (QED) is 0.0440. The number of hydrogen-bond acceptors (Lipinski definition) is 10. The third-order valence-electron chi connectivity index (χ3n) is 7.54. The molecule has 43 heavy (non-hydrogen) atoms. The van der Waals surface area contributed by atoms with Crippen molar-refractivity contribution in [1.29, 1.82) is 0 Å². The maximum absolute atomic E-state index is 12.2. The van der Waals surface area contributed by atoms with E-state index in [1.807, 2.05) is 0 Å². The van der Waals surface area contributed by atoms with Gasteiger partial charge in [0.1, 0.15) is 29.9 Å². The standard InChI is InChI=1S/C31H54O10S.Na/c1-2-3-4-5-6-7-8-9-10-11-12-13-14-15-16-17-18-19-20-21-28(33)39-24-31(23-32)25-40-29(34)22-27(42(36,37)38)30(35)41-26-31;/h9-10,27,32H,2-8,11-26H2,1H3,(H,36,37,38);/q;+1/p-1/b10-9+;. The molecule has 1 heterocycles. The van der Waals surface area contributed by atoms with Gasteiger partial charge in [0.25, 0.3) is 0 Å². The average Bonchev–Trinajstić information content (AvgIpc) is 3.02. The van der Waals surface area contributed by atoms with Gasteiger partial charge in [-0.15, -0.1) is 0 Å². The summed E-state index contributed by atoms with van der Waals surface area (Å²) in [5, 5.41) is 7.62. The van der Waals surface area contributed by atoms with Crippen LogP contribution in [0.15, 0.2) is 12.2 Å². The fraction of sp³-hybridized carbons (Fsp3) is 0.839. The third kappa shape index (κ3) is 20.6. The summed E-state index contributed by atoms with van der Waals surface area (Å²) in [7, 11) is -5.14. The molecule has 12 heteroatoms. The van der Waals surface area contributed by atoms with Crippen molar-refractivity contribution in [1.82, 2.24) is 0 Å². The molecule has 1 aliphatic heterocycles. The van der Waals surface area contributed by atoms with Crippen molar-refractivity contribution >= 4 is 28.0 Å². The number of unbranched alkanes of at least 4 members (excludes halogenated alkanes) is 15. The zero-order valence-electron chi connectivity index (χ0n) is 26.5. The van der Waals surface area contributed by atoms with Crippen molar-refractivity contribution in [3.05, 3.63) is 12.2 Å². The number of ether oxygens (including phenoxy) is 3. The molecule has 2 unspecified atom stereocenters. The summed E-state index contributed by atoms with van der Waals surface area (Å²) < 4.78 is 48.9. The smallest absolute Gasteiger partial charge is 0.747 e. The molecule has 1 saturated heterocycles. The molecule has 1 aliphatic rings. The Morgan fingerprint density at radius 2 is 1.37 bits per heavy atom. The molecule has 0 amide bonds. The van der Waals surface area contributed by atoms with E-state index in [0.717, 1.165) is 19.3 Å². The number of aliphatic hydroxyl groups excluding tert-OH is 1. The summed E-state index contributed by atoms with van der Waals surface area (Å²) >= 11 is 0. The van der Waals surface area contributed by atoms with E-state index in [4.69, 9.17) is 14.2 Å². The molecule has 244 valence electrons. The predicted molar refractivity (Wildman–Crippen MR) is 158 cm³/mol. The van der Waals surface area contributed by atoms with Crippen molar-refractivity contribution in [3.63, 3.8) is 0 Å². The van der Waals surface area contributed by atoms with E-state index in [9.17, 15) is 32.5 Å². The van der Waals surface area contributed by atoms with Gasteiger partial charge in [0, 0.05) is 6.42 Å². The molecular formula is C31H53NaO10S. The second-order valence-corrected chi connectivity index (χ2v) is 13.1. The first-order chi connectivity index (χ1) is 20.1. The fourth-order valence-electron chi connectivity index (χ4n) is 4.68. The largest absolute Gasteiger partial charge is 1.00 e. The molecule has 1 fully saturated rings. The van der Waals surface area contributed by atoms with Crippen LogP contribution in [0.2, 0.25) is 0 Å². The van der Waals surface area contributed by atoms with E-state index in [1.165, 1.54) is 83.5 Å². The predicted octanol–water partition coefficient (Wildman–Crippen LogP) is 2.51. The minimum Gasteiger partial charge on any atom is -0.747 e. The molecule has 10 nitrogen and oxygen atoms in total. The van der Waals surface area contributed by atoms with Gasteiger partial charge in [-0.25, -0.2) is 8.42 Å². The molecule has 0 aromatic carbocycles. The Bertz CT molecular complexity index is 908. The molecule has 0 bridgehead atoms. The van der Waals surface area contributed by atoms with Crippen molar-refractivity contribution in [2.24, 2.45) is 5.41 Å². The van der Waals surface area contributed by atoms with Crippen molar-refractivity contribution in [2.45, 2.75) is 134 Å². The van der Waals surface area contributed by atoms with Crippen LogP contribution in [-0.4, -0.2) is 67.7 Å². The SMILES string of the molecule is CCCCCCCC/C=C/CCCCCCCCCCCC(=O)OCC1(CO)COC(=O)CC(S(=O)(=O)[O-])C(=O)OC1.[Na+]. The van der Waals surface area contributed by atoms with Crippen LogP contribution in [0.4, 0.5) is 0 Å². The second-order valence-electron chi connectivity index (χ2n) is 11.5. The number of carbonyl (C=O) groups is 3. The van der Waals surface area contributed by atoms with Gasteiger partial charge in [-0.3, -0.25) is 14.4 Å². The monoisotopic (exact) mass is 640 g/mol. The first-order valence-corrected chi connectivity index (χ1v) is 17.3. The average molecular weight is 641 g/mol. The Labute approximate surface area is 281 Å². The summed E-state index contributed by atoms with van der Waals surface area (Å²) in [6.45, 7) is 0.143. The second kappa shape index (κ2) is 25.2. The van der Waals surface area contributed by atoms with Crippen molar-refractivity contribution in [3.8, 4) is 0 Å². The van der Waals surface area contributed by atoms with Gasteiger partial charge < -0.3 is 23.9 Å². The Balaban J connectivity index is 0.0000176. The van der Waals surface area contributed by atoms with E-state index in [2.05, 4.69) is 19.1 Å². The Kier molecular flexibility index (Phi) is 24.7. The van der Waals surface area contributed by atoms with Crippen molar-refractivity contribution in [2.75, 3.05) is 26.4 Å². The van der Waals surface area contributed by atoms with Gasteiger partial charge in [-0.05, 0) is 32.1 Å². The third-order valence-corrected chi connectivity index (χ3v) is 8.60. The van der Waals surface area contributed by atoms with E-state index >= 15 is 0 Å². The summed E-state index contributed by atoms with van der Waals surface area (Å²) in [6, 6.07) is 0. The molecule has 0 aliphatic carbocycles. The minimum absolute atomic E-state index is 0. The summed E-state index contributed by atoms with van der Waals surface area (Å²) in [5.41, 5.74) is -1.45. The van der Waals surface area contributed by atoms with Crippen LogP contribution < -0.4 is 29.6 Å². The molecule has 0 aromatic heterocycles. The minimum atomic E-state index is -5.14. The number of carbonyl (C=O) groups excluding carboxylic acids is 3. The van der Waals surface area contributed by atoms with E-state index in [-0.39, 0.29) is 36.0 Å². The van der Waals surface area contributed by atoms with E-state index in [0.29, 0.717) is 6.42 Å². The van der Waals surface area contributed by atoms with Crippen LogP contribution in [0.3, 0.4) is 0 Å². The van der Waals surface area contributed by atoms with Gasteiger partial charge in [0.15, 0.2) is 5.25 Å². The molecule has 0 spiro atoms. The van der Waals surface area contributed by atoms with Gasteiger partial charge in [-0.1, -0.05) is 96.1 Å². The van der Waals surface area contributed by atoms with Gasteiger partial charge in [-0.2, -0.15) is 0 Å². The molecular weight excluding hydrogens is 587 g/mol. The van der Waals surface area contributed by atoms with Crippen LogP contribution in [0.1, 0.15) is 129 Å². The number of hydrogen-bond donors (Lipinski definition) is 1. The number of rotatable bonds is 23. The van der Waals surface area contributed by atoms with Crippen LogP contribution in [-0.2, 0) is 38.7 Å². The van der Waals surface area contributed by atoms with Crippen LogP contribution in [0.25, 0.3) is 0 Å². The normalized spacial score (nSPS) is 19.6. The first kappa shape index (κ1) is 42.0. The molecule has 0 aromatic rings. The van der Waals surface area contributed by atoms with Crippen LogP contribution in [0, 0.1) is 5.41 Å². The van der Waals surface area contributed by atoms with E-state index in [1.54, 1.807) is 0 Å². The number of esters is 3. The van der Waals surface area contributed by atoms with Crippen LogP contribution >= 0.6 is 0 Å². The van der Waals surface area contributed by atoms with E-state index < -0.39 is 71.5 Å². The maximum Gasteiger partial charge on any atom is 1.00 e. The number of aliphatic hydroxyl groups is 1. The van der Waals surface area contributed by atoms with Crippen molar-refractivity contribution < 1.29 is 76.2 Å². The molecule has 0 saturated carbocycles. The molecule has 1 rings (SSSR count). The zero-order chi connectivity index (χ0) is 31.1. The summed E-state index contributed by atoms with van der Waals surface area (Å²) in [5.74, 6) is -3.01. The fourth-order valence-corrected chi connectivity index (χ4v) is 5.32. The maximum atomic E-state index is 12.2. The Hall–Kier alpha value is -0.980. The van der Waals surface area contributed by atoms with Gasteiger partial charge in [0.05, 0.1) is 18.4 Å². The Morgan fingerprint density at radius 3 is 1.88 bits per heavy atom. The molecule has 2 atom stereocenters. The topological polar surface area (TPSA) is 156 Å². The first-order valence-electron chi connectivity index (χ1n) is 15.8. The van der Waals surface area contributed by atoms with Gasteiger partial charge in [0.2, 0.25) is 0 Å². The molecule has 1 N–H and O–H groups in total. The molecule has 0 radical (unpaired) electrons. The summed E-state index contributed by atoms with van der Waals surface area (Å²) in [4.78, 5) is 36.2. The zero-order valence-corrected chi connectivity index (χ0v) is 29.3. The van der Waals surface area contributed by atoms with Gasteiger partial charge >= 0.3 is 47.5 Å². The number of allylic oxidation sites excluding steroid dienone is 2. The summed E-state index contributed by atoms with van der Waals surface area (Å²) in [6.07, 6.45) is 24.2. The Morgan fingerprint density at radius 1 is 0.884 bits per heavy atom.